The van der Waals surface area contributed by atoms with Gasteiger partial charge in [0.2, 0.25) is 11.8 Å². The molecule has 0 amide bonds. The maximum atomic E-state index is 5.62. The minimum absolute atomic E-state index is 0.125. The molecule has 3 N–H and O–H groups in total. The lowest BCUT2D eigenvalue weighted by Crippen LogP contribution is -2.20. The van der Waals surface area contributed by atoms with Crippen LogP contribution in [0.25, 0.3) is 0 Å². The van der Waals surface area contributed by atoms with Gasteiger partial charge in [-0.05, 0) is 45.1 Å². The van der Waals surface area contributed by atoms with Gasteiger partial charge in [-0.25, -0.2) is 4.98 Å². The average Bonchev–Trinajstić information content (AvgIpc) is 3.07. The Balaban J connectivity index is 1.89. The van der Waals surface area contributed by atoms with E-state index in [4.69, 9.17) is 10.5 Å². The van der Waals surface area contributed by atoms with E-state index in [0.29, 0.717) is 17.2 Å². The minimum Gasteiger partial charge on any atom is -0.475 e. The van der Waals surface area contributed by atoms with Crippen molar-refractivity contribution in [1.29, 1.82) is 0 Å². The van der Waals surface area contributed by atoms with Gasteiger partial charge in [0, 0.05) is 18.8 Å². The fraction of sp³-hybridized carbons (Fsp3) is 0.692. The smallest absolute Gasteiger partial charge is 0.225 e. The maximum Gasteiger partial charge on any atom is 0.225 e. The summed E-state index contributed by atoms with van der Waals surface area (Å²) in [5.41, 5.74) is 6.01. The van der Waals surface area contributed by atoms with Crippen LogP contribution in [0, 0.1) is 5.41 Å². The van der Waals surface area contributed by atoms with Crippen molar-refractivity contribution in [3.05, 3.63) is 12.3 Å². The molecule has 0 bridgehead atoms. The molecule has 5 heteroatoms. The van der Waals surface area contributed by atoms with Crippen LogP contribution in [0.2, 0.25) is 0 Å². The second kappa shape index (κ2) is 5.52. The summed E-state index contributed by atoms with van der Waals surface area (Å²) in [4.78, 5) is 8.53. The molecule has 0 unspecified atom stereocenters. The second-order valence-corrected chi connectivity index (χ2v) is 5.28. The van der Waals surface area contributed by atoms with E-state index >= 15 is 0 Å². The molecule has 0 aliphatic heterocycles. The molecule has 5 nitrogen and oxygen atoms in total. The molecule has 1 heterocycles. The van der Waals surface area contributed by atoms with Gasteiger partial charge in [-0.15, -0.1) is 0 Å². The van der Waals surface area contributed by atoms with Crippen LogP contribution in [0.4, 0.5) is 5.95 Å². The van der Waals surface area contributed by atoms with E-state index in [1.54, 1.807) is 12.3 Å². The molecule has 0 aromatic carbocycles. The third-order valence-electron chi connectivity index (χ3n) is 3.24. The highest BCUT2D eigenvalue weighted by Gasteiger charge is 2.41. The fourth-order valence-electron chi connectivity index (χ4n) is 2.00. The largest absolute Gasteiger partial charge is 0.475 e. The zero-order valence-electron chi connectivity index (χ0n) is 11.1. The second-order valence-electron chi connectivity index (χ2n) is 5.28. The van der Waals surface area contributed by atoms with Gasteiger partial charge >= 0.3 is 0 Å². The van der Waals surface area contributed by atoms with Gasteiger partial charge in [0.1, 0.15) is 0 Å². The van der Waals surface area contributed by atoms with E-state index in [9.17, 15) is 0 Å². The number of rotatable bonds is 7. The number of anilines is 1. The number of hydrogen-bond donors (Lipinski definition) is 2. The first-order valence-corrected chi connectivity index (χ1v) is 6.57. The molecule has 1 aromatic rings. The van der Waals surface area contributed by atoms with E-state index in [0.717, 1.165) is 19.5 Å². The molecule has 1 aromatic heterocycles. The Kier molecular flexibility index (Phi) is 4.01. The standard InChI is InChI=1S/C13H22N4O/c1-10(2)18-11-3-8-15-12(17-11)16-9-13(4-5-13)6-7-14/h3,8,10H,4-7,9,14H2,1-2H3,(H,15,16,17). The zero-order chi connectivity index (χ0) is 13.0. The van der Waals surface area contributed by atoms with Gasteiger partial charge < -0.3 is 15.8 Å². The zero-order valence-corrected chi connectivity index (χ0v) is 11.1. The Labute approximate surface area is 108 Å². The Morgan fingerprint density at radius 2 is 2.28 bits per heavy atom. The molecule has 0 saturated heterocycles. The van der Waals surface area contributed by atoms with Crippen LogP contribution >= 0.6 is 0 Å². The minimum atomic E-state index is 0.125. The topological polar surface area (TPSA) is 73.1 Å². The average molecular weight is 250 g/mol. The Bertz CT molecular complexity index is 390. The van der Waals surface area contributed by atoms with Gasteiger partial charge in [0.15, 0.2) is 0 Å². The van der Waals surface area contributed by atoms with Crippen molar-refractivity contribution in [2.45, 2.75) is 39.2 Å². The molecule has 2 rings (SSSR count). The van der Waals surface area contributed by atoms with E-state index in [2.05, 4.69) is 15.3 Å². The van der Waals surface area contributed by atoms with Crippen LogP contribution in [0.1, 0.15) is 33.1 Å². The first-order chi connectivity index (χ1) is 8.63. The molecule has 1 saturated carbocycles. The molecule has 1 fully saturated rings. The number of hydrogen-bond acceptors (Lipinski definition) is 5. The molecule has 0 spiro atoms. The van der Waals surface area contributed by atoms with Crippen molar-refractivity contribution in [2.24, 2.45) is 11.1 Å². The van der Waals surface area contributed by atoms with E-state index in [1.807, 2.05) is 13.8 Å². The van der Waals surface area contributed by atoms with E-state index in [-0.39, 0.29) is 6.10 Å². The van der Waals surface area contributed by atoms with Crippen LogP contribution in [0.3, 0.4) is 0 Å². The van der Waals surface area contributed by atoms with Crippen molar-refractivity contribution in [3.8, 4) is 5.88 Å². The Morgan fingerprint density at radius 3 is 2.89 bits per heavy atom. The molecular weight excluding hydrogens is 228 g/mol. The van der Waals surface area contributed by atoms with Crippen LogP contribution in [0.5, 0.6) is 5.88 Å². The van der Waals surface area contributed by atoms with E-state index < -0.39 is 0 Å². The number of nitrogens with two attached hydrogens (primary N) is 1. The summed E-state index contributed by atoms with van der Waals surface area (Å²) in [7, 11) is 0. The number of nitrogens with one attached hydrogen (secondary N) is 1. The van der Waals surface area contributed by atoms with Gasteiger partial charge in [-0.2, -0.15) is 4.98 Å². The predicted octanol–water partition coefficient (Wildman–Crippen LogP) is 1.80. The van der Waals surface area contributed by atoms with Crippen molar-refractivity contribution in [2.75, 3.05) is 18.4 Å². The lowest BCUT2D eigenvalue weighted by molar-refractivity contribution is 0.232. The van der Waals surface area contributed by atoms with Crippen LogP contribution in [-0.4, -0.2) is 29.2 Å². The highest BCUT2D eigenvalue weighted by atomic mass is 16.5. The van der Waals surface area contributed by atoms with Crippen LogP contribution < -0.4 is 15.8 Å². The van der Waals surface area contributed by atoms with Crippen LogP contribution in [-0.2, 0) is 0 Å². The first-order valence-electron chi connectivity index (χ1n) is 6.57. The number of aromatic nitrogens is 2. The fourth-order valence-corrected chi connectivity index (χ4v) is 2.00. The Hall–Kier alpha value is -1.36. The maximum absolute atomic E-state index is 5.62. The molecule has 0 atom stereocenters. The highest BCUT2D eigenvalue weighted by Crippen LogP contribution is 2.48. The lowest BCUT2D eigenvalue weighted by atomic mass is 10.0. The summed E-state index contributed by atoms with van der Waals surface area (Å²) < 4.78 is 5.54. The van der Waals surface area contributed by atoms with Crippen molar-refractivity contribution < 1.29 is 4.74 Å². The predicted molar refractivity (Wildman–Crippen MR) is 71.6 cm³/mol. The van der Waals surface area contributed by atoms with Gasteiger partial charge in [-0.1, -0.05) is 0 Å². The van der Waals surface area contributed by atoms with E-state index in [1.165, 1.54) is 12.8 Å². The summed E-state index contributed by atoms with van der Waals surface area (Å²) in [6.45, 7) is 5.61. The van der Waals surface area contributed by atoms with Crippen LogP contribution in [0.15, 0.2) is 12.3 Å². The normalized spacial score (nSPS) is 16.7. The first kappa shape index (κ1) is 13.1. The molecular formula is C13H22N4O. The summed E-state index contributed by atoms with van der Waals surface area (Å²) in [6, 6.07) is 1.78. The molecule has 1 aliphatic rings. The van der Waals surface area contributed by atoms with Crippen molar-refractivity contribution >= 4 is 5.95 Å². The summed E-state index contributed by atoms with van der Waals surface area (Å²) in [5, 5.41) is 3.29. The van der Waals surface area contributed by atoms with Gasteiger partial charge in [0.25, 0.3) is 0 Å². The monoisotopic (exact) mass is 250 g/mol. The SMILES string of the molecule is CC(C)Oc1ccnc(NCC2(CCN)CC2)n1. The molecule has 100 valence electrons. The Morgan fingerprint density at radius 1 is 1.50 bits per heavy atom. The quantitative estimate of drug-likeness (QED) is 0.772. The third-order valence-corrected chi connectivity index (χ3v) is 3.24. The van der Waals surface area contributed by atoms with Gasteiger partial charge in [-0.3, -0.25) is 0 Å². The lowest BCUT2D eigenvalue weighted by Gasteiger charge is -2.15. The number of ether oxygens (including phenoxy) is 1. The van der Waals surface area contributed by atoms with Crippen molar-refractivity contribution in [3.63, 3.8) is 0 Å². The molecule has 1 aliphatic carbocycles. The van der Waals surface area contributed by atoms with Crippen molar-refractivity contribution in [1.82, 2.24) is 9.97 Å². The molecule has 0 radical (unpaired) electrons. The van der Waals surface area contributed by atoms with Gasteiger partial charge in [0.05, 0.1) is 6.10 Å². The molecule has 18 heavy (non-hydrogen) atoms. The third kappa shape index (κ3) is 3.57. The summed E-state index contributed by atoms with van der Waals surface area (Å²) in [5.74, 6) is 1.25. The number of nitrogens with zero attached hydrogens (tertiary/aromatic N) is 2. The summed E-state index contributed by atoms with van der Waals surface area (Å²) >= 11 is 0. The highest BCUT2D eigenvalue weighted by molar-refractivity contribution is 5.28. The summed E-state index contributed by atoms with van der Waals surface area (Å²) in [6.07, 6.45) is 5.41.